The van der Waals surface area contributed by atoms with Crippen LogP contribution in [0, 0.1) is 0 Å². The van der Waals surface area contributed by atoms with E-state index in [4.69, 9.17) is 14.2 Å². The molecule has 410 valence electrons. The number of hydrogen-bond acceptors (Lipinski definition) is 6. The molecule has 0 fully saturated rings. The summed E-state index contributed by atoms with van der Waals surface area (Å²) in [4.78, 5) is 38.0. The second-order valence-corrected chi connectivity index (χ2v) is 19.5. The van der Waals surface area contributed by atoms with Crippen molar-refractivity contribution in [3.63, 3.8) is 0 Å². The lowest BCUT2D eigenvalue weighted by atomic mass is 10.1. The summed E-state index contributed by atoms with van der Waals surface area (Å²) in [6.45, 7) is 6.43. The van der Waals surface area contributed by atoms with Gasteiger partial charge in [-0.1, -0.05) is 259 Å². The maximum atomic E-state index is 12.8. The van der Waals surface area contributed by atoms with E-state index in [1.807, 2.05) is 0 Å². The first-order valence-corrected chi connectivity index (χ1v) is 29.9. The molecule has 0 rings (SSSR count). The van der Waals surface area contributed by atoms with Crippen LogP contribution < -0.4 is 0 Å². The van der Waals surface area contributed by atoms with E-state index in [0.29, 0.717) is 19.3 Å². The molecule has 1 unspecified atom stereocenters. The zero-order valence-corrected chi connectivity index (χ0v) is 46.9. The fraction of sp³-hybridized carbons (Fsp3) is 0.682. The third-order valence-electron chi connectivity index (χ3n) is 12.5. The van der Waals surface area contributed by atoms with E-state index >= 15 is 0 Å². The van der Waals surface area contributed by atoms with Crippen LogP contribution >= 0.6 is 0 Å². The summed E-state index contributed by atoms with van der Waals surface area (Å²) in [6, 6.07) is 0. The summed E-state index contributed by atoms with van der Waals surface area (Å²) >= 11 is 0. The molecule has 0 saturated carbocycles. The summed E-state index contributed by atoms with van der Waals surface area (Å²) in [6.07, 6.45) is 80.9. The lowest BCUT2D eigenvalue weighted by Gasteiger charge is -2.18. The highest BCUT2D eigenvalue weighted by Crippen LogP contribution is 2.15. The SMILES string of the molecule is CC/C=C\C/C=C\C/C=C\C/C=C\C/C=C\C/C=C\C/C=C\CCCCCCCCCCCC(=O)OCC(COC(=O)CCCCCCCCCCCC)OC(=O)CCCCCCC/C=C\C/C=C\CCC. The van der Waals surface area contributed by atoms with Gasteiger partial charge in [-0.3, -0.25) is 14.4 Å². The lowest BCUT2D eigenvalue weighted by molar-refractivity contribution is -0.167. The van der Waals surface area contributed by atoms with Gasteiger partial charge in [0, 0.05) is 19.3 Å². The van der Waals surface area contributed by atoms with Gasteiger partial charge >= 0.3 is 17.9 Å². The van der Waals surface area contributed by atoms with Crippen LogP contribution in [0.4, 0.5) is 0 Å². The first kappa shape index (κ1) is 68.1. The van der Waals surface area contributed by atoms with Crippen molar-refractivity contribution in [2.75, 3.05) is 13.2 Å². The summed E-state index contributed by atoms with van der Waals surface area (Å²) in [5.74, 6) is -0.905. The minimum absolute atomic E-state index is 0.0840. The van der Waals surface area contributed by atoms with Gasteiger partial charge in [0.25, 0.3) is 0 Å². The fourth-order valence-corrected chi connectivity index (χ4v) is 8.05. The molecule has 0 heterocycles. The summed E-state index contributed by atoms with van der Waals surface area (Å²) in [5.41, 5.74) is 0. The molecule has 0 bridgehead atoms. The zero-order chi connectivity index (χ0) is 52.2. The molecule has 0 amide bonds. The Morgan fingerprint density at radius 2 is 0.569 bits per heavy atom. The Kier molecular flexibility index (Phi) is 56.4. The third kappa shape index (κ3) is 57.0. The zero-order valence-electron chi connectivity index (χ0n) is 46.9. The molecule has 72 heavy (non-hydrogen) atoms. The molecule has 0 radical (unpaired) electrons. The summed E-state index contributed by atoms with van der Waals surface area (Å²) in [5, 5.41) is 0. The van der Waals surface area contributed by atoms with Crippen LogP contribution in [0.3, 0.4) is 0 Å². The van der Waals surface area contributed by atoms with Gasteiger partial charge in [-0.2, -0.15) is 0 Å². The molecule has 0 N–H and O–H groups in total. The van der Waals surface area contributed by atoms with Crippen molar-refractivity contribution in [3.05, 3.63) is 109 Å². The molecular formula is C66H110O6. The quantitative estimate of drug-likeness (QED) is 0.0261. The Hall–Kier alpha value is -3.93. The van der Waals surface area contributed by atoms with E-state index in [1.165, 1.54) is 89.9 Å². The van der Waals surface area contributed by atoms with E-state index in [2.05, 4.69) is 130 Å². The van der Waals surface area contributed by atoms with Gasteiger partial charge in [0.05, 0.1) is 0 Å². The summed E-state index contributed by atoms with van der Waals surface area (Å²) < 4.78 is 16.8. The van der Waals surface area contributed by atoms with Crippen LogP contribution in [0.25, 0.3) is 0 Å². The van der Waals surface area contributed by atoms with Crippen molar-refractivity contribution >= 4 is 17.9 Å². The summed E-state index contributed by atoms with van der Waals surface area (Å²) in [7, 11) is 0. The van der Waals surface area contributed by atoms with Gasteiger partial charge in [-0.05, 0) is 103 Å². The maximum Gasteiger partial charge on any atom is 0.306 e. The highest BCUT2D eigenvalue weighted by atomic mass is 16.6. The largest absolute Gasteiger partial charge is 0.462 e. The number of unbranched alkanes of at least 4 members (excludes halogenated alkanes) is 24. The minimum Gasteiger partial charge on any atom is -0.462 e. The van der Waals surface area contributed by atoms with E-state index in [-0.39, 0.29) is 31.1 Å². The predicted molar refractivity (Wildman–Crippen MR) is 311 cm³/mol. The number of carbonyl (C=O) groups is 3. The third-order valence-corrected chi connectivity index (χ3v) is 12.5. The van der Waals surface area contributed by atoms with Crippen LogP contribution in [0.15, 0.2) is 109 Å². The molecule has 0 aliphatic heterocycles. The van der Waals surface area contributed by atoms with E-state index < -0.39 is 6.10 Å². The molecule has 0 saturated heterocycles. The Morgan fingerprint density at radius 3 is 0.903 bits per heavy atom. The maximum absolute atomic E-state index is 12.8. The first-order valence-electron chi connectivity index (χ1n) is 29.9. The number of ether oxygens (including phenoxy) is 3. The minimum atomic E-state index is -0.786. The van der Waals surface area contributed by atoms with Gasteiger partial charge in [0.2, 0.25) is 0 Å². The van der Waals surface area contributed by atoms with Crippen molar-refractivity contribution in [1.82, 2.24) is 0 Å². The molecule has 0 aliphatic rings. The molecule has 6 heteroatoms. The monoisotopic (exact) mass is 999 g/mol. The Labute approximate surface area is 444 Å². The van der Waals surface area contributed by atoms with E-state index in [1.54, 1.807) is 0 Å². The molecule has 6 nitrogen and oxygen atoms in total. The van der Waals surface area contributed by atoms with Crippen LogP contribution in [0.5, 0.6) is 0 Å². The number of esters is 3. The Balaban J connectivity index is 4.20. The fourth-order valence-electron chi connectivity index (χ4n) is 8.05. The average molecular weight is 1000 g/mol. The Bertz CT molecular complexity index is 1470. The van der Waals surface area contributed by atoms with Crippen molar-refractivity contribution in [1.29, 1.82) is 0 Å². The van der Waals surface area contributed by atoms with Gasteiger partial charge in [-0.25, -0.2) is 0 Å². The van der Waals surface area contributed by atoms with Crippen molar-refractivity contribution in [3.8, 4) is 0 Å². The molecule has 0 aromatic carbocycles. The lowest BCUT2D eigenvalue weighted by Crippen LogP contribution is -2.30. The molecular weight excluding hydrogens is 889 g/mol. The number of hydrogen-bond donors (Lipinski definition) is 0. The standard InChI is InChI=1S/C66H110O6/c1-4-7-10-13-16-19-22-24-25-26-27-28-29-30-31-32-33-34-35-36-37-38-39-40-41-43-44-47-50-53-56-59-65(68)71-62-63(61-70-64(67)58-55-52-49-46-21-18-15-12-9-6-3)72-66(69)60-57-54-51-48-45-42-23-20-17-14-11-8-5-2/h7,10-11,14,16,19-20,23-25,27-28,30-31,33-34,36-37,63H,4-6,8-9,12-13,15,17-18,21-22,26,29,32,35,38-62H2,1-3H3/b10-7-,14-11-,19-16-,23-20-,25-24-,28-27-,31-30-,34-33-,37-36-. The Morgan fingerprint density at radius 1 is 0.292 bits per heavy atom. The van der Waals surface area contributed by atoms with Crippen LogP contribution in [-0.4, -0.2) is 37.2 Å². The molecule has 0 aromatic heterocycles. The topological polar surface area (TPSA) is 78.9 Å². The van der Waals surface area contributed by atoms with Gasteiger partial charge < -0.3 is 14.2 Å². The van der Waals surface area contributed by atoms with Gasteiger partial charge in [0.15, 0.2) is 6.10 Å². The normalized spacial score (nSPS) is 12.9. The number of rotatable bonds is 53. The highest BCUT2D eigenvalue weighted by molar-refractivity contribution is 5.71. The van der Waals surface area contributed by atoms with Crippen LogP contribution in [-0.2, 0) is 28.6 Å². The molecule has 0 aliphatic carbocycles. The predicted octanol–water partition coefficient (Wildman–Crippen LogP) is 20.3. The van der Waals surface area contributed by atoms with Crippen LogP contribution in [0.2, 0.25) is 0 Å². The van der Waals surface area contributed by atoms with Gasteiger partial charge in [0.1, 0.15) is 13.2 Å². The van der Waals surface area contributed by atoms with Crippen molar-refractivity contribution in [2.24, 2.45) is 0 Å². The van der Waals surface area contributed by atoms with Crippen molar-refractivity contribution < 1.29 is 28.6 Å². The van der Waals surface area contributed by atoms with Crippen molar-refractivity contribution in [2.45, 2.75) is 277 Å². The smallest absolute Gasteiger partial charge is 0.306 e. The second-order valence-electron chi connectivity index (χ2n) is 19.5. The molecule has 0 aromatic rings. The average Bonchev–Trinajstić information content (AvgIpc) is 3.38. The number of carbonyl (C=O) groups excluding carboxylic acids is 3. The van der Waals surface area contributed by atoms with E-state index in [9.17, 15) is 14.4 Å². The van der Waals surface area contributed by atoms with E-state index in [0.717, 1.165) is 141 Å². The number of allylic oxidation sites excluding steroid dienone is 18. The highest BCUT2D eigenvalue weighted by Gasteiger charge is 2.19. The first-order chi connectivity index (χ1) is 35.5. The van der Waals surface area contributed by atoms with Gasteiger partial charge in [-0.15, -0.1) is 0 Å². The molecule has 1 atom stereocenters. The second kappa shape index (κ2) is 59.6. The molecule has 0 spiro atoms. The van der Waals surface area contributed by atoms with Crippen LogP contribution in [0.1, 0.15) is 271 Å².